The van der Waals surface area contributed by atoms with Crippen LogP contribution in [0.1, 0.15) is 23.9 Å². The number of aryl methyl sites for hydroxylation is 1. The van der Waals surface area contributed by atoms with Crippen LogP contribution in [0.5, 0.6) is 0 Å². The number of nitrogens with zero attached hydrogens (tertiary/aromatic N) is 1. The molecular weight excluding hydrogens is 148 g/mol. The maximum absolute atomic E-state index is 5.77. The summed E-state index contributed by atoms with van der Waals surface area (Å²) in [6.07, 6.45) is 5.69. The van der Waals surface area contributed by atoms with Crippen LogP contribution in [0.25, 0.3) is 0 Å². The number of pyridine rings is 1. The van der Waals surface area contributed by atoms with E-state index in [-0.39, 0.29) is 6.04 Å². The predicted octanol–water partition coefficient (Wildman–Crippen LogP) is 1.41. The lowest BCUT2D eigenvalue weighted by atomic mass is 10.1. The van der Waals surface area contributed by atoms with E-state index in [0.29, 0.717) is 6.42 Å². The number of nitrogens with two attached hydrogens (primary N) is 1. The van der Waals surface area contributed by atoms with E-state index in [0.717, 1.165) is 11.4 Å². The van der Waals surface area contributed by atoms with Crippen molar-refractivity contribution in [2.24, 2.45) is 5.73 Å². The summed E-state index contributed by atoms with van der Waals surface area (Å²) in [4.78, 5) is 4.27. The van der Waals surface area contributed by atoms with Crippen LogP contribution >= 0.6 is 0 Å². The summed E-state index contributed by atoms with van der Waals surface area (Å²) in [6, 6.07) is 5.64. The van der Waals surface area contributed by atoms with Crippen molar-refractivity contribution in [2.45, 2.75) is 19.4 Å². The Morgan fingerprint density at radius 3 is 3.00 bits per heavy atom. The summed E-state index contributed by atoms with van der Waals surface area (Å²) in [5.74, 6) is 2.52. The number of rotatable bonds is 2. The van der Waals surface area contributed by atoms with E-state index in [1.165, 1.54) is 0 Å². The molecule has 1 heterocycles. The Bertz CT molecular complexity index is 299. The fourth-order valence-corrected chi connectivity index (χ4v) is 1.00. The van der Waals surface area contributed by atoms with Gasteiger partial charge in [0.15, 0.2) is 0 Å². The maximum Gasteiger partial charge on any atom is 0.0583 e. The molecule has 1 aromatic rings. The number of terminal acetylenes is 1. The van der Waals surface area contributed by atoms with Crippen LogP contribution in [0.15, 0.2) is 18.2 Å². The largest absolute Gasteiger partial charge is 0.322 e. The minimum atomic E-state index is -0.130. The summed E-state index contributed by atoms with van der Waals surface area (Å²) >= 11 is 0. The predicted molar refractivity (Wildman–Crippen MR) is 49.4 cm³/mol. The van der Waals surface area contributed by atoms with Crippen LogP contribution in [0.3, 0.4) is 0 Å². The fraction of sp³-hybridized carbons (Fsp3) is 0.300. The van der Waals surface area contributed by atoms with Gasteiger partial charge in [0.1, 0.15) is 0 Å². The van der Waals surface area contributed by atoms with Crippen molar-refractivity contribution in [1.82, 2.24) is 4.98 Å². The molecule has 0 aliphatic rings. The molecule has 2 N–H and O–H groups in total. The second-order valence-corrected chi connectivity index (χ2v) is 2.72. The van der Waals surface area contributed by atoms with E-state index in [1.54, 1.807) is 0 Å². The highest BCUT2D eigenvalue weighted by molar-refractivity contribution is 5.14. The van der Waals surface area contributed by atoms with Gasteiger partial charge in [-0.2, -0.15) is 0 Å². The Morgan fingerprint density at radius 2 is 2.42 bits per heavy atom. The first-order chi connectivity index (χ1) is 5.74. The van der Waals surface area contributed by atoms with Crippen molar-refractivity contribution >= 4 is 0 Å². The molecule has 1 aromatic heterocycles. The molecule has 0 aromatic carbocycles. The van der Waals surface area contributed by atoms with E-state index in [2.05, 4.69) is 10.9 Å². The van der Waals surface area contributed by atoms with Gasteiger partial charge in [0.05, 0.1) is 11.7 Å². The molecule has 0 fully saturated rings. The van der Waals surface area contributed by atoms with Crippen molar-refractivity contribution in [2.75, 3.05) is 0 Å². The van der Waals surface area contributed by atoms with Crippen LogP contribution in [0.4, 0.5) is 0 Å². The monoisotopic (exact) mass is 160 g/mol. The standard InChI is InChI=1S/C10H12N2/c1-3-5-9(11)10-7-4-6-8(2)12-10/h1,4,6-7,9H,5,11H2,2H3. The molecule has 0 bridgehead atoms. The average Bonchev–Trinajstić information content (AvgIpc) is 2.05. The lowest BCUT2D eigenvalue weighted by Gasteiger charge is -2.07. The molecule has 1 unspecified atom stereocenters. The van der Waals surface area contributed by atoms with Gasteiger partial charge in [-0.05, 0) is 19.1 Å². The van der Waals surface area contributed by atoms with Crippen LogP contribution in [-0.2, 0) is 0 Å². The molecule has 0 aliphatic carbocycles. The Hall–Kier alpha value is -1.33. The topological polar surface area (TPSA) is 38.9 Å². The quantitative estimate of drug-likeness (QED) is 0.664. The molecule has 1 rings (SSSR count). The highest BCUT2D eigenvalue weighted by Crippen LogP contribution is 2.10. The third-order valence-electron chi connectivity index (χ3n) is 1.63. The molecule has 0 amide bonds. The van der Waals surface area contributed by atoms with Crippen molar-refractivity contribution in [3.63, 3.8) is 0 Å². The molecule has 2 heteroatoms. The lowest BCUT2D eigenvalue weighted by molar-refractivity contribution is 0.721. The normalized spacial score (nSPS) is 12.1. The van der Waals surface area contributed by atoms with Gasteiger partial charge in [-0.3, -0.25) is 4.98 Å². The van der Waals surface area contributed by atoms with Crippen LogP contribution in [0.2, 0.25) is 0 Å². The van der Waals surface area contributed by atoms with Gasteiger partial charge in [0.2, 0.25) is 0 Å². The second-order valence-electron chi connectivity index (χ2n) is 2.72. The summed E-state index contributed by atoms with van der Waals surface area (Å²) in [5.41, 5.74) is 7.61. The molecule has 2 nitrogen and oxygen atoms in total. The van der Waals surface area contributed by atoms with Crippen molar-refractivity contribution in [3.8, 4) is 12.3 Å². The Morgan fingerprint density at radius 1 is 1.67 bits per heavy atom. The zero-order chi connectivity index (χ0) is 8.97. The van der Waals surface area contributed by atoms with Gasteiger partial charge < -0.3 is 5.73 Å². The lowest BCUT2D eigenvalue weighted by Crippen LogP contribution is -2.11. The van der Waals surface area contributed by atoms with Crippen molar-refractivity contribution < 1.29 is 0 Å². The van der Waals surface area contributed by atoms with Gasteiger partial charge in [-0.25, -0.2) is 0 Å². The summed E-state index contributed by atoms with van der Waals surface area (Å²) < 4.78 is 0. The van der Waals surface area contributed by atoms with Gasteiger partial charge in [0.25, 0.3) is 0 Å². The third kappa shape index (κ3) is 2.08. The van der Waals surface area contributed by atoms with Crippen LogP contribution in [-0.4, -0.2) is 4.98 Å². The number of hydrogen-bond donors (Lipinski definition) is 1. The minimum absolute atomic E-state index is 0.130. The van der Waals surface area contributed by atoms with E-state index < -0.39 is 0 Å². The van der Waals surface area contributed by atoms with Crippen molar-refractivity contribution in [3.05, 3.63) is 29.6 Å². The van der Waals surface area contributed by atoms with E-state index >= 15 is 0 Å². The van der Waals surface area contributed by atoms with Gasteiger partial charge >= 0.3 is 0 Å². The Kier molecular flexibility index (Phi) is 2.84. The Balaban J connectivity index is 2.82. The third-order valence-corrected chi connectivity index (χ3v) is 1.63. The van der Waals surface area contributed by atoms with E-state index in [1.807, 2.05) is 25.1 Å². The zero-order valence-corrected chi connectivity index (χ0v) is 7.12. The maximum atomic E-state index is 5.77. The van der Waals surface area contributed by atoms with Gasteiger partial charge in [-0.15, -0.1) is 12.3 Å². The highest BCUT2D eigenvalue weighted by atomic mass is 14.8. The number of hydrogen-bond acceptors (Lipinski definition) is 2. The highest BCUT2D eigenvalue weighted by Gasteiger charge is 2.04. The SMILES string of the molecule is C#CCC(N)c1cccc(C)n1. The van der Waals surface area contributed by atoms with Gasteiger partial charge in [0, 0.05) is 12.1 Å². The fourth-order valence-electron chi connectivity index (χ4n) is 1.00. The summed E-state index contributed by atoms with van der Waals surface area (Å²) in [7, 11) is 0. The number of aromatic nitrogens is 1. The molecule has 12 heavy (non-hydrogen) atoms. The smallest absolute Gasteiger partial charge is 0.0583 e. The molecule has 0 spiro atoms. The van der Waals surface area contributed by atoms with E-state index in [4.69, 9.17) is 12.2 Å². The molecule has 0 saturated carbocycles. The van der Waals surface area contributed by atoms with Crippen LogP contribution in [0, 0.1) is 19.3 Å². The van der Waals surface area contributed by atoms with Gasteiger partial charge in [-0.1, -0.05) is 6.07 Å². The minimum Gasteiger partial charge on any atom is -0.322 e. The molecule has 62 valence electrons. The second kappa shape index (κ2) is 3.89. The molecule has 0 saturated heterocycles. The van der Waals surface area contributed by atoms with Crippen LogP contribution < -0.4 is 5.73 Å². The molecule has 1 atom stereocenters. The average molecular weight is 160 g/mol. The first-order valence-electron chi connectivity index (χ1n) is 3.86. The first kappa shape index (κ1) is 8.76. The summed E-state index contributed by atoms with van der Waals surface area (Å²) in [6.45, 7) is 1.94. The zero-order valence-electron chi connectivity index (χ0n) is 7.12. The molecule has 0 radical (unpaired) electrons. The molecular formula is C10H12N2. The first-order valence-corrected chi connectivity index (χ1v) is 3.86. The van der Waals surface area contributed by atoms with E-state index in [9.17, 15) is 0 Å². The molecule has 0 aliphatic heterocycles. The summed E-state index contributed by atoms with van der Waals surface area (Å²) in [5, 5.41) is 0. The van der Waals surface area contributed by atoms with Crippen molar-refractivity contribution in [1.29, 1.82) is 0 Å². The Labute approximate surface area is 72.8 Å².